The molecule has 0 rings (SSSR count). The summed E-state index contributed by atoms with van der Waals surface area (Å²) in [5.74, 6) is 0. The van der Waals surface area contributed by atoms with E-state index in [4.69, 9.17) is 9.47 Å². The Kier molecular flexibility index (Phi) is 5.71. The van der Waals surface area contributed by atoms with Crippen molar-refractivity contribution in [3.63, 3.8) is 0 Å². The molecule has 15 heavy (non-hydrogen) atoms. The minimum absolute atomic E-state index is 0.329. The lowest BCUT2D eigenvalue weighted by molar-refractivity contribution is -0.579. The SMILES string of the molecule is CCOC(OCC)C(O)C(C)(C)[N+](=O)[O-]. The van der Waals surface area contributed by atoms with Crippen LogP contribution in [0.25, 0.3) is 0 Å². The van der Waals surface area contributed by atoms with Gasteiger partial charge in [0.2, 0.25) is 5.54 Å². The Balaban J connectivity index is 4.60. The number of nitro groups is 1. The first-order valence-electron chi connectivity index (χ1n) is 4.93. The van der Waals surface area contributed by atoms with Crippen LogP contribution >= 0.6 is 0 Å². The lowest BCUT2D eigenvalue weighted by Crippen LogP contribution is -2.51. The van der Waals surface area contributed by atoms with Crippen molar-refractivity contribution in [1.82, 2.24) is 0 Å². The highest BCUT2D eigenvalue weighted by Gasteiger charge is 2.45. The maximum absolute atomic E-state index is 10.7. The molecule has 0 radical (unpaired) electrons. The van der Waals surface area contributed by atoms with Gasteiger partial charge in [-0.2, -0.15) is 0 Å². The molecule has 1 atom stereocenters. The van der Waals surface area contributed by atoms with Gasteiger partial charge in [-0.1, -0.05) is 0 Å². The van der Waals surface area contributed by atoms with Gasteiger partial charge in [0.15, 0.2) is 12.4 Å². The maximum Gasteiger partial charge on any atom is 0.247 e. The van der Waals surface area contributed by atoms with Gasteiger partial charge in [-0.3, -0.25) is 10.1 Å². The highest BCUT2D eigenvalue weighted by atomic mass is 16.7. The molecule has 0 amide bonds. The van der Waals surface area contributed by atoms with E-state index in [1.807, 2.05) is 0 Å². The predicted molar refractivity (Wildman–Crippen MR) is 54.1 cm³/mol. The van der Waals surface area contributed by atoms with E-state index in [-0.39, 0.29) is 0 Å². The minimum Gasteiger partial charge on any atom is -0.381 e. The molecule has 0 saturated carbocycles. The van der Waals surface area contributed by atoms with Gasteiger partial charge in [-0.15, -0.1) is 0 Å². The number of nitrogens with zero attached hydrogens (tertiary/aromatic N) is 1. The molecule has 0 aliphatic carbocycles. The Labute approximate surface area is 89.3 Å². The number of rotatable bonds is 7. The third kappa shape index (κ3) is 3.73. The van der Waals surface area contributed by atoms with Gasteiger partial charge in [0.25, 0.3) is 0 Å². The summed E-state index contributed by atoms with van der Waals surface area (Å²) in [4.78, 5) is 10.2. The molecule has 0 bridgehead atoms. The molecular formula is C9H19NO5. The van der Waals surface area contributed by atoms with Crippen LogP contribution in [0.2, 0.25) is 0 Å². The fourth-order valence-corrected chi connectivity index (χ4v) is 1.000. The van der Waals surface area contributed by atoms with Crippen LogP contribution < -0.4 is 0 Å². The van der Waals surface area contributed by atoms with E-state index in [9.17, 15) is 15.2 Å². The van der Waals surface area contributed by atoms with Gasteiger partial charge >= 0.3 is 0 Å². The van der Waals surface area contributed by atoms with Crippen LogP contribution in [-0.2, 0) is 9.47 Å². The second-order valence-electron chi connectivity index (χ2n) is 3.63. The Morgan fingerprint density at radius 1 is 1.33 bits per heavy atom. The van der Waals surface area contributed by atoms with E-state index in [1.54, 1.807) is 13.8 Å². The monoisotopic (exact) mass is 221 g/mol. The summed E-state index contributed by atoms with van der Waals surface area (Å²) in [6.07, 6.45) is -2.26. The molecule has 0 aliphatic rings. The number of hydrogen-bond donors (Lipinski definition) is 1. The molecule has 0 aromatic heterocycles. The Hall–Kier alpha value is -0.720. The third-order valence-electron chi connectivity index (χ3n) is 2.11. The van der Waals surface area contributed by atoms with E-state index in [1.165, 1.54) is 13.8 Å². The van der Waals surface area contributed by atoms with Crippen LogP contribution in [0.1, 0.15) is 27.7 Å². The van der Waals surface area contributed by atoms with Gasteiger partial charge in [-0.05, 0) is 13.8 Å². The van der Waals surface area contributed by atoms with Crippen molar-refractivity contribution < 1.29 is 19.5 Å². The van der Waals surface area contributed by atoms with Crippen LogP contribution in [-0.4, -0.2) is 41.2 Å². The van der Waals surface area contributed by atoms with Crippen LogP contribution in [0.4, 0.5) is 0 Å². The predicted octanol–water partition coefficient (Wildman–Crippen LogP) is 0.802. The zero-order chi connectivity index (χ0) is 12.1. The summed E-state index contributed by atoms with van der Waals surface area (Å²) >= 11 is 0. The van der Waals surface area contributed by atoms with Gasteiger partial charge in [0.05, 0.1) is 0 Å². The fourth-order valence-electron chi connectivity index (χ4n) is 1.000. The highest BCUT2D eigenvalue weighted by molar-refractivity contribution is 4.80. The number of aliphatic hydroxyl groups is 1. The van der Waals surface area contributed by atoms with Crippen LogP contribution in [0.3, 0.4) is 0 Å². The molecule has 0 fully saturated rings. The Morgan fingerprint density at radius 3 is 2.00 bits per heavy atom. The molecule has 0 saturated heterocycles. The van der Waals surface area contributed by atoms with Gasteiger partial charge in [0.1, 0.15) is 0 Å². The molecule has 90 valence electrons. The molecule has 1 N–H and O–H groups in total. The van der Waals surface area contributed by atoms with Crippen molar-refractivity contribution >= 4 is 0 Å². The summed E-state index contributed by atoms with van der Waals surface area (Å²) in [5, 5.41) is 20.5. The normalized spacial score (nSPS) is 14.3. The highest BCUT2D eigenvalue weighted by Crippen LogP contribution is 2.19. The minimum atomic E-state index is -1.49. The lowest BCUT2D eigenvalue weighted by atomic mass is 9.98. The zero-order valence-corrected chi connectivity index (χ0v) is 9.60. The average Bonchev–Trinajstić information content (AvgIpc) is 2.16. The molecule has 0 spiro atoms. The van der Waals surface area contributed by atoms with Crippen LogP contribution in [0, 0.1) is 10.1 Å². The summed E-state index contributed by atoms with van der Waals surface area (Å²) in [7, 11) is 0. The van der Waals surface area contributed by atoms with Crippen LogP contribution in [0.15, 0.2) is 0 Å². The first-order chi connectivity index (χ1) is 6.87. The summed E-state index contributed by atoms with van der Waals surface area (Å²) in [5.41, 5.74) is -1.49. The van der Waals surface area contributed by atoms with E-state index < -0.39 is 22.9 Å². The molecule has 6 heteroatoms. The second kappa shape index (κ2) is 5.99. The number of hydrogen-bond acceptors (Lipinski definition) is 5. The van der Waals surface area contributed by atoms with Crippen molar-refractivity contribution in [3.05, 3.63) is 10.1 Å². The number of ether oxygens (including phenoxy) is 2. The van der Waals surface area contributed by atoms with Crippen molar-refractivity contribution in [1.29, 1.82) is 0 Å². The van der Waals surface area contributed by atoms with Crippen molar-refractivity contribution in [2.24, 2.45) is 0 Å². The largest absolute Gasteiger partial charge is 0.381 e. The van der Waals surface area contributed by atoms with Gasteiger partial charge < -0.3 is 14.6 Å². The smallest absolute Gasteiger partial charge is 0.247 e. The molecule has 0 aromatic carbocycles. The summed E-state index contributed by atoms with van der Waals surface area (Å²) in [6.45, 7) is 6.80. The van der Waals surface area contributed by atoms with E-state index >= 15 is 0 Å². The van der Waals surface area contributed by atoms with Crippen molar-refractivity contribution in [3.8, 4) is 0 Å². The Morgan fingerprint density at radius 2 is 1.73 bits per heavy atom. The topological polar surface area (TPSA) is 81.8 Å². The third-order valence-corrected chi connectivity index (χ3v) is 2.11. The summed E-state index contributed by atoms with van der Waals surface area (Å²) in [6, 6.07) is 0. The molecule has 1 unspecified atom stereocenters. The fraction of sp³-hybridized carbons (Fsp3) is 1.00. The van der Waals surface area contributed by atoms with Crippen molar-refractivity contribution in [2.45, 2.75) is 45.6 Å². The van der Waals surface area contributed by atoms with Crippen molar-refractivity contribution in [2.75, 3.05) is 13.2 Å². The molecule has 6 nitrogen and oxygen atoms in total. The molecule has 0 aromatic rings. The van der Waals surface area contributed by atoms with Crippen LogP contribution in [0.5, 0.6) is 0 Å². The average molecular weight is 221 g/mol. The standard InChI is InChI=1S/C9H19NO5/c1-5-14-8(15-6-2)7(11)9(3,4)10(12)13/h7-8,11H,5-6H2,1-4H3. The summed E-state index contributed by atoms with van der Waals surface area (Å²) < 4.78 is 10.2. The second-order valence-corrected chi connectivity index (χ2v) is 3.63. The quantitative estimate of drug-likeness (QED) is 0.390. The number of aliphatic hydroxyl groups excluding tert-OH is 1. The Bertz CT molecular complexity index is 201. The zero-order valence-electron chi connectivity index (χ0n) is 9.60. The molecular weight excluding hydrogens is 202 g/mol. The molecule has 0 aliphatic heterocycles. The maximum atomic E-state index is 10.7. The van der Waals surface area contributed by atoms with E-state index in [0.717, 1.165) is 0 Å². The van der Waals surface area contributed by atoms with Gasteiger partial charge in [0, 0.05) is 32.0 Å². The lowest BCUT2D eigenvalue weighted by Gasteiger charge is -2.28. The van der Waals surface area contributed by atoms with E-state index in [0.29, 0.717) is 13.2 Å². The van der Waals surface area contributed by atoms with E-state index in [2.05, 4.69) is 0 Å². The molecule has 0 heterocycles. The first kappa shape index (κ1) is 14.3. The first-order valence-corrected chi connectivity index (χ1v) is 4.93. The van der Waals surface area contributed by atoms with Gasteiger partial charge in [-0.25, -0.2) is 0 Å².